The van der Waals surface area contributed by atoms with Crippen LogP contribution in [-0.4, -0.2) is 29.1 Å². The van der Waals surface area contributed by atoms with E-state index in [9.17, 15) is 9.50 Å². The zero-order valence-corrected chi connectivity index (χ0v) is 12.6. The number of aliphatic hydroxyl groups is 1. The van der Waals surface area contributed by atoms with Crippen molar-refractivity contribution in [1.82, 2.24) is 9.78 Å². The molecule has 0 radical (unpaired) electrons. The van der Waals surface area contributed by atoms with Gasteiger partial charge in [-0.25, -0.2) is 9.07 Å². The summed E-state index contributed by atoms with van der Waals surface area (Å²) in [5.74, 6) is 0.245. The van der Waals surface area contributed by atoms with E-state index >= 15 is 0 Å². The Kier molecular flexibility index (Phi) is 4.47. The molecule has 5 nitrogen and oxygen atoms in total. The van der Waals surface area contributed by atoms with Gasteiger partial charge in [0, 0.05) is 13.5 Å². The number of aromatic nitrogens is 2. The van der Waals surface area contributed by atoms with Gasteiger partial charge in [0.1, 0.15) is 0 Å². The summed E-state index contributed by atoms with van der Waals surface area (Å²) in [7, 11) is 4.69. The molecule has 1 unspecified atom stereocenters. The smallest absolute Gasteiger partial charge is 0.217 e. The first-order valence-corrected chi connectivity index (χ1v) is 6.55. The molecule has 0 saturated carbocycles. The summed E-state index contributed by atoms with van der Waals surface area (Å²) >= 11 is 0. The number of rotatable bonds is 5. The van der Waals surface area contributed by atoms with E-state index in [2.05, 4.69) is 5.10 Å². The SMILES string of the molecule is COc1ccc(CC(O)c2c(C)nn(C)c2OC)cc1F. The van der Waals surface area contributed by atoms with Crippen molar-refractivity contribution in [2.75, 3.05) is 14.2 Å². The molecule has 2 aromatic rings. The van der Waals surface area contributed by atoms with Gasteiger partial charge in [0.25, 0.3) is 0 Å². The maximum absolute atomic E-state index is 13.7. The fourth-order valence-corrected chi connectivity index (χ4v) is 2.44. The lowest BCUT2D eigenvalue weighted by Gasteiger charge is -2.13. The lowest BCUT2D eigenvalue weighted by Crippen LogP contribution is -2.05. The number of benzene rings is 1. The normalized spacial score (nSPS) is 12.3. The van der Waals surface area contributed by atoms with Crippen LogP contribution >= 0.6 is 0 Å². The number of methoxy groups -OCH3 is 2. The summed E-state index contributed by atoms with van der Waals surface area (Å²) in [5.41, 5.74) is 1.98. The van der Waals surface area contributed by atoms with Crippen molar-refractivity contribution in [3.05, 3.63) is 40.8 Å². The molecule has 0 fully saturated rings. The highest BCUT2D eigenvalue weighted by atomic mass is 19.1. The molecular formula is C15H19FN2O3. The van der Waals surface area contributed by atoms with Crippen LogP contribution in [-0.2, 0) is 13.5 Å². The molecule has 6 heteroatoms. The molecule has 0 bridgehead atoms. The van der Waals surface area contributed by atoms with Crippen LogP contribution in [0.3, 0.4) is 0 Å². The zero-order valence-electron chi connectivity index (χ0n) is 12.6. The van der Waals surface area contributed by atoms with Crippen LogP contribution in [0, 0.1) is 12.7 Å². The molecule has 114 valence electrons. The first kappa shape index (κ1) is 15.3. The predicted molar refractivity (Wildman–Crippen MR) is 76.1 cm³/mol. The third-order valence-corrected chi connectivity index (χ3v) is 3.39. The molecule has 0 aliphatic carbocycles. The third-order valence-electron chi connectivity index (χ3n) is 3.39. The van der Waals surface area contributed by atoms with Gasteiger partial charge in [0.2, 0.25) is 5.88 Å². The van der Waals surface area contributed by atoms with Gasteiger partial charge in [-0.3, -0.25) is 0 Å². The molecule has 21 heavy (non-hydrogen) atoms. The predicted octanol–water partition coefficient (Wildman–Crippen LogP) is 2.16. The van der Waals surface area contributed by atoms with Crippen molar-refractivity contribution in [3.63, 3.8) is 0 Å². The van der Waals surface area contributed by atoms with E-state index in [0.717, 1.165) is 0 Å². The molecule has 0 spiro atoms. The first-order chi connectivity index (χ1) is 9.97. The first-order valence-electron chi connectivity index (χ1n) is 6.55. The fourth-order valence-electron chi connectivity index (χ4n) is 2.44. The quantitative estimate of drug-likeness (QED) is 0.918. The van der Waals surface area contributed by atoms with E-state index < -0.39 is 11.9 Å². The van der Waals surface area contributed by atoms with Gasteiger partial charge in [-0.1, -0.05) is 6.07 Å². The minimum absolute atomic E-state index is 0.184. The van der Waals surface area contributed by atoms with Crippen LogP contribution in [0.15, 0.2) is 18.2 Å². The van der Waals surface area contributed by atoms with Crippen LogP contribution < -0.4 is 9.47 Å². The van der Waals surface area contributed by atoms with E-state index in [1.54, 1.807) is 30.8 Å². The molecule has 0 saturated heterocycles. The molecular weight excluding hydrogens is 275 g/mol. The monoisotopic (exact) mass is 294 g/mol. The minimum atomic E-state index is -0.818. The van der Waals surface area contributed by atoms with Gasteiger partial charge in [0.05, 0.1) is 31.6 Å². The number of hydrogen-bond donors (Lipinski definition) is 1. The van der Waals surface area contributed by atoms with Crippen molar-refractivity contribution in [1.29, 1.82) is 0 Å². The molecule has 0 aliphatic rings. The van der Waals surface area contributed by atoms with E-state index in [-0.39, 0.29) is 12.2 Å². The summed E-state index contributed by atoms with van der Waals surface area (Å²) in [6.45, 7) is 1.80. The van der Waals surface area contributed by atoms with Crippen molar-refractivity contribution in [2.24, 2.45) is 7.05 Å². The Morgan fingerprint density at radius 3 is 2.62 bits per heavy atom. The molecule has 2 rings (SSSR count). The second-order valence-electron chi connectivity index (χ2n) is 4.82. The van der Waals surface area contributed by atoms with Crippen molar-refractivity contribution in [3.8, 4) is 11.6 Å². The molecule has 1 aromatic carbocycles. The Morgan fingerprint density at radius 2 is 2.05 bits per heavy atom. The fraction of sp³-hybridized carbons (Fsp3) is 0.400. The molecule has 1 aromatic heterocycles. The number of hydrogen-bond acceptors (Lipinski definition) is 4. The highest BCUT2D eigenvalue weighted by molar-refractivity contribution is 5.35. The second kappa shape index (κ2) is 6.13. The summed E-state index contributed by atoms with van der Waals surface area (Å²) in [5, 5.41) is 14.6. The van der Waals surface area contributed by atoms with Crippen LogP contribution in [0.1, 0.15) is 22.9 Å². The van der Waals surface area contributed by atoms with E-state index in [4.69, 9.17) is 9.47 Å². The van der Waals surface area contributed by atoms with Crippen LogP contribution in [0.4, 0.5) is 4.39 Å². The maximum atomic E-state index is 13.7. The molecule has 1 heterocycles. The molecule has 0 amide bonds. The number of halogens is 1. The number of aliphatic hydroxyl groups excluding tert-OH is 1. The molecule has 0 aliphatic heterocycles. The maximum Gasteiger partial charge on any atom is 0.217 e. The Balaban J connectivity index is 2.26. The van der Waals surface area contributed by atoms with E-state index in [1.807, 2.05) is 0 Å². The minimum Gasteiger partial charge on any atom is -0.494 e. The van der Waals surface area contributed by atoms with Gasteiger partial charge in [0.15, 0.2) is 11.6 Å². The summed E-state index contributed by atoms with van der Waals surface area (Å²) in [6, 6.07) is 4.63. The number of nitrogens with zero attached hydrogens (tertiary/aromatic N) is 2. The number of aryl methyl sites for hydroxylation is 2. The van der Waals surface area contributed by atoms with Gasteiger partial charge in [-0.2, -0.15) is 5.10 Å². The second-order valence-corrected chi connectivity index (χ2v) is 4.82. The van der Waals surface area contributed by atoms with Crippen molar-refractivity contribution in [2.45, 2.75) is 19.4 Å². The Labute approximate surface area is 122 Å². The van der Waals surface area contributed by atoms with E-state index in [0.29, 0.717) is 22.7 Å². The lowest BCUT2D eigenvalue weighted by atomic mass is 10.0. The Morgan fingerprint density at radius 1 is 1.33 bits per heavy atom. The average molecular weight is 294 g/mol. The van der Waals surface area contributed by atoms with Crippen molar-refractivity contribution >= 4 is 0 Å². The Bertz CT molecular complexity index is 640. The van der Waals surface area contributed by atoms with Gasteiger partial charge in [-0.05, 0) is 24.6 Å². The molecule has 1 atom stereocenters. The summed E-state index contributed by atoms with van der Waals surface area (Å²) in [6.07, 6.45) is -0.550. The van der Waals surface area contributed by atoms with Crippen LogP contribution in [0.25, 0.3) is 0 Å². The topological polar surface area (TPSA) is 56.5 Å². The number of ether oxygens (including phenoxy) is 2. The van der Waals surface area contributed by atoms with E-state index in [1.165, 1.54) is 20.3 Å². The van der Waals surface area contributed by atoms with Gasteiger partial charge >= 0.3 is 0 Å². The van der Waals surface area contributed by atoms with Crippen molar-refractivity contribution < 1.29 is 19.0 Å². The summed E-state index contributed by atoms with van der Waals surface area (Å²) in [4.78, 5) is 0. The highest BCUT2D eigenvalue weighted by Crippen LogP contribution is 2.30. The average Bonchev–Trinajstić information content (AvgIpc) is 2.72. The molecule has 1 N–H and O–H groups in total. The largest absolute Gasteiger partial charge is 0.494 e. The zero-order chi connectivity index (χ0) is 15.6. The lowest BCUT2D eigenvalue weighted by molar-refractivity contribution is 0.172. The highest BCUT2D eigenvalue weighted by Gasteiger charge is 2.22. The van der Waals surface area contributed by atoms with Gasteiger partial charge < -0.3 is 14.6 Å². The standard InChI is InChI=1S/C15H19FN2O3/c1-9-14(15(21-4)18(2)17-9)12(19)8-10-5-6-13(20-3)11(16)7-10/h5-7,12,19H,8H2,1-4H3. The summed E-state index contributed by atoms with van der Waals surface area (Å²) < 4.78 is 25.4. The van der Waals surface area contributed by atoms with Crippen LogP contribution in [0.5, 0.6) is 11.6 Å². The van der Waals surface area contributed by atoms with Crippen LogP contribution in [0.2, 0.25) is 0 Å². The van der Waals surface area contributed by atoms with Gasteiger partial charge in [-0.15, -0.1) is 0 Å². The third kappa shape index (κ3) is 3.00. The Hall–Kier alpha value is -2.08.